The van der Waals surface area contributed by atoms with E-state index in [-0.39, 0.29) is 5.82 Å². The molecule has 19 heavy (non-hydrogen) atoms. The van der Waals surface area contributed by atoms with Crippen molar-refractivity contribution in [2.75, 3.05) is 17.6 Å². The number of hydrogen-bond donors (Lipinski definition) is 2. The van der Waals surface area contributed by atoms with Crippen LogP contribution in [0.15, 0.2) is 34.9 Å². The fourth-order valence-electron chi connectivity index (χ4n) is 1.73. The largest absolute Gasteiger partial charge is 0.397 e. The van der Waals surface area contributed by atoms with Gasteiger partial charge in [0.25, 0.3) is 0 Å². The molecule has 0 saturated heterocycles. The van der Waals surface area contributed by atoms with Crippen LogP contribution in [-0.4, -0.2) is 11.5 Å². The van der Waals surface area contributed by atoms with Gasteiger partial charge in [-0.2, -0.15) is 0 Å². The highest BCUT2D eigenvalue weighted by atomic mass is 79.9. The Kier molecular flexibility index (Phi) is 4.37. The zero-order valence-electron chi connectivity index (χ0n) is 10.6. The molecule has 0 atom stereocenters. The normalized spacial score (nSPS) is 10.5. The van der Waals surface area contributed by atoms with Crippen LogP contribution in [0.5, 0.6) is 0 Å². The maximum absolute atomic E-state index is 13.0. The van der Waals surface area contributed by atoms with Crippen LogP contribution in [0.1, 0.15) is 11.1 Å². The molecule has 5 heteroatoms. The number of nitrogens with zero attached hydrogens (tertiary/aromatic N) is 1. The van der Waals surface area contributed by atoms with Gasteiger partial charge in [-0.05, 0) is 52.5 Å². The molecule has 2 rings (SSSR count). The summed E-state index contributed by atoms with van der Waals surface area (Å²) < 4.78 is 13.9. The van der Waals surface area contributed by atoms with Gasteiger partial charge in [0.15, 0.2) is 0 Å². The molecule has 1 aromatic heterocycles. The topological polar surface area (TPSA) is 50.9 Å². The average Bonchev–Trinajstić information content (AvgIpc) is 2.39. The van der Waals surface area contributed by atoms with E-state index in [0.717, 1.165) is 27.8 Å². The van der Waals surface area contributed by atoms with Crippen LogP contribution in [0, 0.1) is 12.7 Å². The van der Waals surface area contributed by atoms with E-state index in [2.05, 4.69) is 26.2 Å². The standard InChI is InChI=1S/C14H15BrFN3/c1-9-12(17)8-19-14(13(9)15)18-6-5-10-3-2-4-11(16)7-10/h2-4,7-8H,5-6,17H2,1H3,(H,18,19). The quantitative estimate of drug-likeness (QED) is 0.905. The molecular weight excluding hydrogens is 309 g/mol. The van der Waals surface area contributed by atoms with Gasteiger partial charge in [-0.15, -0.1) is 0 Å². The Morgan fingerprint density at radius 1 is 1.42 bits per heavy atom. The van der Waals surface area contributed by atoms with Gasteiger partial charge in [0.1, 0.15) is 11.6 Å². The van der Waals surface area contributed by atoms with Crippen molar-refractivity contribution in [3.05, 3.63) is 51.9 Å². The number of aromatic nitrogens is 1. The Labute approximate surface area is 120 Å². The molecule has 0 aliphatic rings. The summed E-state index contributed by atoms with van der Waals surface area (Å²) >= 11 is 3.46. The Balaban J connectivity index is 1.98. The SMILES string of the molecule is Cc1c(N)cnc(NCCc2cccc(F)c2)c1Br. The van der Waals surface area contributed by atoms with E-state index in [1.54, 1.807) is 18.3 Å². The number of halogens is 2. The van der Waals surface area contributed by atoms with Gasteiger partial charge in [0.05, 0.1) is 16.4 Å². The molecule has 0 unspecified atom stereocenters. The molecule has 0 bridgehead atoms. The summed E-state index contributed by atoms with van der Waals surface area (Å²) in [5.41, 5.74) is 8.33. The number of nitrogen functional groups attached to an aromatic ring is 1. The van der Waals surface area contributed by atoms with Gasteiger partial charge in [-0.1, -0.05) is 12.1 Å². The van der Waals surface area contributed by atoms with Crippen LogP contribution in [0.25, 0.3) is 0 Å². The fourth-order valence-corrected chi connectivity index (χ4v) is 2.20. The lowest BCUT2D eigenvalue weighted by atomic mass is 10.1. The summed E-state index contributed by atoms with van der Waals surface area (Å²) in [6.45, 7) is 2.61. The first-order valence-electron chi connectivity index (χ1n) is 5.97. The van der Waals surface area contributed by atoms with Crippen molar-refractivity contribution in [1.82, 2.24) is 4.98 Å². The Hall–Kier alpha value is -1.62. The van der Waals surface area contributed by atoms with Gasteiger partial charge in [0.2, 0.25) is 0 Å². The molecule has 0 aliphatic carbocycles. The van der Waals surface area contributed by atoms with Crippen molar-refractivity contribution in [3.8, 4) is 0 Å². The van der Waals surface area contributed by atoms with Crippen molar-refractivity contribution in [2.24, 2.45) is 0 Å². The van der Waals surface area contributed by atoms with E-state index >= 15 is 0 Å². The van der Waals surface area contributed by atoms with Crippen LogP contribution in [0.2, 0.25) is 0 Å². The summed E-state index contributed by atoms with van der Waals surface area (Å²) in [7, 11) is 0. The van der Waals surface area contributed by atoms with Crippen molar-refractivity contribution < 1.29 is 4.39 Å². The molecule has 0 spiro atoms. The zero-order chi connectivity index (χ0) is 13.8. The Morgan fingerprint density at radius 2 is 2.21 bits per heavy atom. The number of pyridine rings is 1. The lowest BCUT2D eigenvalue weighted by Gasteiger charge is -2.10. The summed E-state index contributed by atoms with van der Waals surface area (Å²) in [5.74, 6) is 0.545. The Bertz CT molecular complexity index is 587. The minimum Gasteiger partial charge on any atom is -0.397 e. The third-order valence-electron chi connectivity index (χ3n) is 2.90. The molecule has 2 aromatic rings. The lowest BCUT2D eigenvalue weighted by molar-refractivity contribution is 0.625. The summed E-state index contributed by atoms with van der Waals surface area (Å²) in [4.78, 5) is 4.23. The molecule has 0 amide bonds. The molecular formula is C14H15BrFN3. The first kappa shape index (κ1) is 13.8. The van der Waals surface area contributed by atoms with Crippen LogP contribution in [0.4, 0.5) is 15.9 Å². The van der Waals surface area contributed by atoms with Crippen LogP contribution in [-0.2, 0) is 6.42 Å². The number of benzene rings is 1. The number of rotatable bonds is 4. The number of anilines is 2. The van der Waals surface area contributed by atoms with E-state index in [4.69, 9.17) is 5.73 Å². The van der Waals surface area contributed by atoms with E-state index in [0.29, 0.717) is 12.2 Å². The van der Waals surface area contributed by atoms with E-state index < -0.39 is 0 Å². The van der Waals surface area contributed by atoms with Crippen molar-refractivity contribution >= 4 is 27.4 Å². The molecule has 1 aromatic carbocycles. The number of nitrogens with one attached hydrogen (secondary N) is 1. The molecule has 0 radical (unpaired) electrons. The van der Waals surface area contributed by atoms with Crippen molar-refractivity contribution in [1.29, 1.82) is 0 Å². The molecule has 100 valence electrons. The van der Waals surface area contributed by atoms with Gasteiger partial charge in [-0.3, -0.25) is 0 Å². The average molecular weight is 324 g/mol. The minimum absolute atomic E-state index is 0.208. The molecule has 1 heterocycles. The van der Waals surface area contributed by atoms with E-state index in [1.165, 1.54) is 6.07 Å². The third-order valence-corrected chi connectivity index (χ3v) is 3.87. The predicted octanol–water partition coefficient (Wildman–Crippen LogP) is 3.53. The highest BCUT2D eigenvalue weighted by Gasteiger charge is 2.06. The molecule has 3 nitrogen and oxygen atoms in total. The number of hydrogen-bond acceptors (Lipinski definition) is 3. The maximum atomic E-state index is 13.0. The van der Waals surface area contributed by atoms with E-state index in [1.807, 2.05) is 13.0 Å². The van der Waals surface area contributed by atoms with Gasteiger partial charge < -0.3 is 11.1 Å². The molecule has 0 saturated carbocycles. The van der Waals surface area contributed by atoms with Gasteiger partial charge in [0, 0.05) is 6.54 Å². The van der Waals surface area contributed by atoms with Crippen LogP contribution < -0.4 is 11.1 Å². The third kappa shape index (κ3) is 3.44. The first-order chi connectivity index (χ1) is 9.08. The minimum atomic E-state index is -0.208. The number of nitrogens with two attached hydrogens (primary N) is 1. The maximum Gasteiger partial charge on any atom is 0.140 e. The van der Waals surface area contributed by atoms with Gasteiger partial charge >= 0.3 is 0 Å². The lowest BCUT2D eigenvalue weighted by Crippen LogP contribution is -2.08. The Morgan fingerprint density at radius 3 is 2.95 bits per heavy atom. The van der Waals surface area contributed by atoms with Crippen molar-refractivity contribution in [2.45, 2.75) is 13.3 Å². The summed E-state index contributed by atoms with van der Waals surface area (Å²) in [5, 5.41) is 3.21. The van der Waals surface area contributed by atoms with Crippen LogP contribution >= 0.6 is 15.9 Å². The predicted molar refractivity (Wildman–Crippen MR) is 79.7 cm³/mol. The summed E-state index contributed by atoms with van der Waals surface area (Å²) in [6.07, 6.45) is 2.36. The van der Waals surface area contributed by atoms with Gasteiger partial charge in [-0.25, -0.2) is 9.37 Å². The summed E-state index contributed by atoms with van der Waals surface area (Å²) in [6, 6.07) is 6.60. The molecule has 0 fully saturated rings. The van der Waals surface area contributed by atoms with Crippen molar-refractivity contribution in [3.63, 3.8) is 0 Å². The monoisotopic (exact) mass is 323 g/mol. The highest BCUT2D eigenvalue weighted by molar-refractivity contribution is 9.10. The molecule has 3 N–H and O–H groups in total. The highest BCUT2D eigenvalue weighted by Crippen LogP contribution is 2.27. The second-order valence-electron chi connectivity index (χ2n) is 4.31. The van der Waals surface area contributed by atoms with Crippen LogP contribution in [0.3, 0.4) is 0 Å². The molecule has 0 aliphatic heterocycles. The fraction of sp³-hybridized carbons (Fsp3) is 0.214. The zero-order valence-corrected chi connectivity index (χ0v) is 12.2. The second-order valence-corrected chi connectivity index (χ2v) is 5.10. The smallest absolute Gasteiger partial charge is 0.140 e. The second kappa shape index (κ2) is 6.02. The van der Waals surface area contributed by atoms with E-state index in [9.17, 15) is 4.39 Å². The first-order valence-corrected chi connectivity index (χ1v) is 6.76.